The SMILES string of the molecule is C=C(C)C(=O)[N+](C)(C)C. The van der Waals surface area contributed by atoms with Crippen LogP contribution in [0.2, 0.25) is 0 Å². The standard InChI is InChI=1S/C7H14NO/c1-6(2)7(9)8(3,4)5/h1H2,2-5H3/q+1. The molecule has 0 spiro atoms. The zero-order valence-corrected chi connectivity index (χ0v) is 6.56. The summed E-state index contributed by atoms with van der Waals surface area (Å²) in [5, 5.41) is 0. The van der Waals surface area contributed by atoms with Crippen molar-refractivity contribution in [2.45, 2.75) is 6.92 Å². The summed E-state index contributed by atoms with van der Waals surface area (Å²) in [5.41, 5.74) is 0.613. The zero-order chi connectivity index (χ0) is 7.65. The van der Waals surface area contributed by atoms with Crippen LogP contribution in [-0.2, 0) is 4.79 Å². The van der Waals surface area contributed by atoms with Gasteiger partial charge in [-0.2, -0.15) is 0 Å². The molecule has 0 saturated carbocycles. The van der Waals surface area contributed by atoms with Crippen LogP contribution in [0, 0.1) is 0 Å². The Morgan fingerprint density at radius 2 is 1.67 bits per heavy atom. The fraction of sp³-hybridized carbons (Fsp3) is 0.571. The first-order chi connectivity index (χ1) is 3.85. The van der Waals surface area contributed by atoms with Crippen molar-refractivity contribution in [2.24, 2.45) is 0 Å². The van der Waals surface area contributed by atoms with Crippen molar-refractivity contribution >= 4 is 5.91 Å². The maximum absolute atomic E-state index is 11.0. The average molecular weight is 128 g/mol. The number of likely N-dealkylation sites (N-methyl/N-ethyl adjacent to an activating group) is 1. The van der Waals surface area contributed by atoms with Crippen LogP contribution in [0.25, 0.3) is 0 Å². The molecule has 0 unspecified atom stereocenters. The summed E-state index contributed by atoms with van der Waals surface area (Å²) >= 11 is 0. The van der Waals surface area contributed by atoms with Gasteiger partial charge in [-0.3, -0.25) is 4.48 Å². The molecule has 0 fully saturated rings. The quantitative estimate of drug-likeness (QED) is 0.377. The molecule has 0 rings (SSSR count). The van der Waals surface area contributed by atoms with Crippen molar-refractivity contribution in [2.75, 3.05) is 21.1 Å². The molecule has 1 amide bonds. The zero-order valence-electron chi connectivity index (χ0n) is 6.56. The molecular weight excluding hydrogens is 114 g/mol. The number of hydrogen-bond acceptors (Lipinski definition) is 1. The van der Waals surface area contributed by atoms with Gasteiger partial charge in [0.15, 0.2) is 0 Å². The van der Waals surface area contributed by atoms with Gasteiger partial charge in [-0.05, 0) is 6.92 Å². The molecule has 0 aromatic rings. The highest BCUT2D eigenvalue weighted by Gasteiger charge is 2.19. The van der Waals surface area contributed by atoms with Crippen molar-refractivity contribution in [1.82, 2.24) is 0 Å². The van der Waals surface area contributed by atoms with Gasteiger partial charge in [0.2, 0.25) is 0 Å². The Morgan fingerprint density at radius 3 is 1.67 bits per heavy atom. The largest absolute Gasteiger partial charge is 0.340 e. The van der Waals surface area contributed by atoms with E-state index >= 15 is 0 Å². The maximum atomic E-state index is 11.0. The highest BCUT2D eigenvalue weighted by Crippen LogP contribution is 1.99. The van der Waals surface area contributed by atoms with E-state index in [-0.39, 0.29) is 5.91 Å². The van der Waals surface area contributed by atoms with Gasteiger partial charge >= 0.3 is 5.91 Å². The molecule has 0 atom stereocenters. The molecule has 2 heteroatoms. The number of quaternary nitrogens is 1. The normalized spacial score (nSPS) is 11.1. The van der Waals surface area contributed by atoms with Gasteiger partial charge in [-0.25, -0.2) is 4.79 Å². The van der Waals surface area contributed by atoms with Gasteiger partial charge in [0.25, 0.3) is 0 Å². The van der Waals surface area contributed by atoms with Gasteiger partial charge in [-0.1, -0.05) is 6.58 Å². The molecule has 0 aliphatic heterocycles. The van der Waals surface area contributed by atoms with Crippen molar-refractivity contribution in [3.8, 4) is 0 Å². The Labute approximate surface area is 56.4 Å². The summed E-state index contributed by atoms with van der Waals surface area (Å²) in [6.45, 7) is 5.28. The molecule has 0 heterocycles. The summed E-state index contributed by atoms with van der Waals surface area (Å²) in [4.78, 5) is 11.0. The number of carbonyl (C=O) groups is 1. The van der Waals surface area contributed by atoms with Crippen LogP contribution in [0.3, 0.4) is 0 Å². The highest BCUT2D eigenvalue weighted by atomic mass is 16.2. The van der Waals surface area contributed by atoms with Crippen LogP contribution in [0.1, 0.15) is 6.92 Å². The third-order valence-corrected chi connectivity index (χ3v) is 0.974. The molecule has 0 aromatic heterocycles. The lowest BCUT2D eigenvalue weighted by molar-refractivity contribution is -0.789. The Bertz CT molecular complexity index is 141. The smallest absolute Gasteiger partial charge is 0.264 e. The summed E-state index contributed by atoms with van der Waals surface area (Å²) < 4.78 is 0.329. The lowest BCUT2D eigenvalue weighted by atomic mass is 10.3. The number of hydrogen-bond donors (Lipinski definition) is 0. The molecular formula is C7H14NO+. The Kier molecular flexibility index (Phi) is 2.15. The second-order valence-electron chi connectivity index (χ2n) is 3.10. The second-order valence-corrected chi connectivity index (χ2v) is 3.10. The van der Waals surface area contributed by atoms with Gasteiger partial charge in [0, 0.05) is 5.57 Å². The minimum absolute atomic E-state index is 0.0787. The molecule has 0 N–H and O–H groups in total. The summed E-state index contributed by atoms with van der Waals surface area (Å²) in [5.74, 6) is 0.0787. The average Bonchev–Trinajstić information content (AvgIpc) is 1.62. The number of carbonyl (C=O) groups excluding carboxylic acids is 1. The van der Waals surface area contributed by atoms with E-state index in [1.54, 1.807) is 6.92 Å². The summed E-state index contributed by atoms with van der Waals surface area (Å²) in [6, 6.07) is 0. The van der Waals surface area contributed by atoms with E-state index in [1.165, 1.54) is 0 Å². The van der Waals surface area contributed by atoms with Crippen molar-refractivity contribution in [3.05, 3.63) is 12.2 Å². The van der Waals surface area contributed by atoms with Gasteiger partial charge in [0.1, 0.15) is 0 Å². The lowest BCUT2D eigenvalue weighted by Crippen LogP contribution is -2.41. The first kappa shape index (κ1) is 8.37. The lowest BCUT2D eigenvalue weighted by Gasteiger charge is -2.19. The van der Waals surface area contributed by atoms with E-state index in [1.807, 2.05) is 21.1 Å². The number of amides is 1. The molecule has 2 nitrogen and oxygen atoms in total. The topological polar surface area (TPSA) is 17.1 Å². The van der Waals surface area contributed by atoms with Crippen LogP contribution < -0.4 is 0 Å². The van der Waals surface area contributed by atoms with Gasteiger partial charge in [-0.15, -0.1) is 0 Å². The van der Waals surface area contributed by atoms with Crippen molar-refractivity contribution in [1.29, 1.82) is 0 Å². The highest BCUT2D eigenvalue weighted by molar-refractivity contribution is 5.86. The minimum atomic E-state index is 0.0787. The number of nitrogens with zero attached hydrogens (tertiary/aromatic N) is 1. The van der Waals surface area contributed by atoms with E-state index in [4.69, 9.17) is 0 Å². The van der Waals surface area contributed by atoms with Crippen LogP contribution >= 0.6 is 0 Å². The molecule has 0 aliphatic carbocycles. The fourth-order valence-corrected chi connectivity index (χ4v) is 0.573. The van der Waals surface area contributed by atoms with Crippen LogP contribution in [-0.4, -0.2) is 31.5 Å². The van der Waals surface area contributed by atoms with Crippen LogP contribution in [0.4, 0.5) is 0 Å². The monoisotopic (exact) mass is 128 g/mol. The van der Waals surface area contributed by atoms with Crippen LogP contribution in [0.5, 0.6) is 0 Å². The molecule has 0 radical (unpaired) electrons. The van der Waals surface area contributed by atoms with Crippen molar-refractivity contribution in [3.63, 3.8) is 0 Å². The molecule has 0 aromatic carbocycles. The Balaban J connectivity index is 4.23. The summed E-state index contributed by atoms with van der Waals surface area (Å²) in [7, 11) is 5.49. The third-order valence-electron chi connectivity index (χ3n) is 0.974. The van der Waals surface area contributed by atoms with E-state index in [0.29, 0.717) is 10.1 Å². The first-order valence-electron chi connectivity index (χ1n) is 2.87. The van der Waals surface area contributed by atoms with E-state index < -0.39 is 0 Å². The molecule has 0 bridgehead atoms. The van der Waals surface area contributed by atoms with E-state index in [0.717, 1.165) is 0 Å². The minimum Gasteiger partial charge on any atom is -0.264 e. The Morgan fingerprint density at radius 1 is 1.33 bits per heavy atom. The van der Waals surface area contributed by atoms with Gasteiger partial charge < -0.3 is 0 Å². The molecule has 52 valence electrons. The van der Waals surface area contributed by atoms with Gasteiger partial charge in [0.05, 0.1) is 21.1 Å². The Hall–Kier alpha value is -0.630. The van der Waals surface area contributed by atoms with Crippen molar-refractivity contribution < 1.29 is 9.28 Å². The second kappa shape index (κ2) is 2.31. The third kappa shape index (κ3) is 2.42. The number of rotatable bonds is 1. The van der Waals surface area contributed by atoms with Crippen LogP contribution in [0.15, 0.2) is 12.2 Å². The van der Waals surface area contributed by atoms with E-state index in [2.05, 4.69) is 6.58 Å². The molecule has 9 heavy (non-hydrogen) atoms. The molecule has 0 aliphatic rings. The molecule has 0 saturated heterocycles. The van der Waals surface area contributed by atoms with E-state index in [9.17, 15) is 4.79 Å². The first-order valence-corrected chi connectivity index (χ1v) is 2.87. The fourth-order valence-electron chi connectivity index (χ4n) is 0.573. The summed E-state index contributed by atoms with van der Waals surface area (Å²) in [6.07, 6.45) is 0. The maximum Gasteiger partial charge on any atom is 0.340 e. The predicted molar refractivity (Wildman–Crippen MR) is 37.9 cm³/mol. The predicted octanol–water partition coefficient (Wildman–Crippen LogP) is 0.795.